The van der Waals surface area contributed by atoms with Gasteiger partial charge in [0.1, 0.15) is 0 Å². The number of aryl methyl sites for hydroxylation is 1. The first-order valence-corrected chi connectivity index (χ1v) is 4.61. The Morgan fingerprint density at radius 3 is 2.38 bits per heavy atom. The molecule has 6 heteroatoms. The highest BCUT2D eigenvalue weighted by molar-refractivity contribution is 9.09. The van der Waals surface area contributed by atoms with Crippen LogP contribution in [0.3, 0.4) is 0 Å². The van der Waals surface area contributed by atoms with E-state index in [1.807, 2.05) is 0 Å². The van der Waals surface area contributed by atoms with E-state index in [4.69, 9.17) is 0 Å². The van der Waals surface area contributed by atoms with E-state index in [1.165, 1.54) is 6.20 Å². The summed E-state index contributed by atoms with van der Waals surface area (Å²) >= 11 is 3.05. The zero-order valence-electron chi connectivity index (χ0n) is 6.48. The molecule has 0 unspecified atom stereocenters. The van der Waals surface area contributed by atoms with Gasteiger partial charge in [-0.05, 0) is 0 Å². The first kappa shape index (κ1) is 10.4. The molecule has 0 radical (unpaired) electrons. The van der Waals surface area contributed by atoms with Gasteiger partial charge in [-0.3, -0.25) is 4.98 Å². The average molecular weight is 255 g/mol. The van der Waals surface area contributed by atoms with Crippen molar-refractivity contribution in [1.82, 2.24) is 9.97 Å². The molecule has 0 N–H and O–H groups in total. The standard InChI is InChI=1S/C7H6BrF3N2/c8-2-1-5-6(7(9,10)11)13-4-3-12-5/h3-4H,1-2H2. The van der Waals surface area contributed by atoms with Crippen LogP contribution in [0.1, 0.15) is 11.4 Å². The number of halogens is 4. The SMILES string of the molecule is FC(F)(F)c1nccnc1CCBr. The van der Waals surface area contributed by atoms with Crippen molar-refractivity contribution in [2.24, 2.45) is 0 Å². The van der Waals surface area contributed by atoms with Crippen molar-refractivity contribution in [3.8, 4) is 0 Å². The van der Waals surface area contributed by atoms with Crippen LogP contribution in [0.15, 0.2) is 12.4 Å². The predicted octanol–water partition coefficient (Wildman–Crippen LogP) is 2.43. The van der Waals surface area contributed by atoms with Gasteiger partial charge in [0.2, 0.25) is 0 Å². The second kappa shape index (κ2) is 4.04. The number of nitrogens with zero attached hydrogens (tertiary/aromatic N) is 2. The Kier molecular flexibility index (Phi) is 3.24. The molecule has 1 heterocycles. The van der Waals surface area contributed by atoms with Gasteiger partial charge in [0.25, 0.3) is 0 Å². The lowest BCUT2D eigenvalue weighted by Crippen LogP contribution is -2.13. The van der Waals surface area contributed by atoms with Gasteiger partial charge in [-0.1, -0.05) is 15.9 Å². The third kappa shape index (κ3) is 2.65. The minimum absolute atomic E-state index is 0.0214. The van der Waals surface area contributed by atoms with E-state index in [0.29, 0.717) is 5.33 Å². The van der Waals surface area contributed by atoms with Gasteiger partial charge in [0.05, 0.1) is 5.69 Å². The molecule has 0 aliphatic rings. The first-order valence-electron chi connectivity index (χ1n) is 3.48. The highest BCUT2D eigenvalue weighted by atomic mass is 79.9. The van der Waals surface area contributed by atoms with Crippen molar-refractivity contribution < 1.29 is 13.2 Å². The predicted molar refractivity (Wildman–Crippen MR) is 44.5 cm³/mol. The Labute approximate surface area is 81.3 Å². The second-order valence-electron chi connectivity index (χ2n) is 2.29. The van der Waals surface area contributed by atoms with E-state index >= 15 is 0 Å². The van der Waals surface area contributed by atoms with Crippen LogP contribution >= 0.6 is 15.9 Å². The largest absolute Gasteiger partial charge is 0.435 e. The maximum absolute atomic E-state index is 12.3. The Morgan fingerprint density at radius 2 is 1.85 bits per heavy atom. The normalized spacial score (nSPS) is 11.7. The summed E-state index contributed by atoms with van der Waals surface area (Å²) in [4.78, 5) is 6.88. The molecule has 0 fully saturated rings. The summed E-state index contributed by atoms with van der Waals surface area (Å²) < 4.78 is 36.8. The van der Waals surface area contributed by atoms with Crippen molar-refractivity contribution in [1.29, 1.82) is 0 Å². The molecule has 2 nitrogen and oxygen atoms in total. The lowest BCUT2D eigenvalue weighted by molar-refractivity contribution is -0.142. The van der Waals surface area contributed by atoms with E-state index in [1.54, 1.807) is 0 Å². The molecule has 1 aromatic rings. The number of hydrogen-bond donors (Lipinski definition) is 0. The van der Waals surface area contributed by atoms with Gasteiger partial charge >= 0.3 is 6.18 Å². The van der Waals surface area contributed by atoms with Crippen LogP contribution < -0.4 is 0 Å². The van der Waals surface area contributed by atoms with E-state index < -0.39 is 11.9 Å². The molecule has 0 saturated carbocycles. The average Bonchev–Trinajstić information content (AvgIpc) is 2.04. The molecular weight excluding hydrogens is 249 g/mol. The van der Waals surface area contributed by atoms with E-state index in [0.717, 1.165) is 6.20 Å². The van der Waals surface area contributed by atoms with Gasteiger partial charge in [0, 0.05) is 24.1 Å². The molecule has 0 aliphatic heterocycles. The summed E-state index contributed by atoms with van der Waals surface area (Å²) in [7, 11) is 0. The summed E-state index contributed by atoms with van der Waals surface area (Å²) in [5, 5.41) is 0.439. The zero-order chi connectivity index (χ0) is 9.90. The Bertz CT molecular complexity index is 287. The smallest absolute Gasteiger partial charge is 0.257 e. The van der Waals surface area contributed by atoms with Gasteiger partial charge < -0.3 is 0 Å². The molecule has 0 amide bonds. The van der Waals surface area contributed by atoms with Gasteiger partial charge in [-0.15, -0.1) is 0 Å². The quantitative estimate of drug-likeness (QED) is 0.758. The molecule has 13 heavy (non-hydrogen) atoms. The number of hydrogen-bond acceptors (Lipinski definition) is 2. The van der Waals surface area contributed by atoms with Crippen molar-refractivity contribution in [2.45, 2.75) is 12.6 Å². The number of alkyl halides is 4. The lowest BCUT2D eigenvalue weighted by Gasteiger charge is -2.08. The van der Waals surface area contributed by atoms with Crippen LogP contribution in [-0.2, 0) is 12.6 Å². The molecule has 0 aromatic carbocycles. The Morgan fingerprint density at radius 1 is 1.23 bits per heavy atom. The minimum Gasteiger partial charge on any atom is -0.257 e. The van der Waals surface area contributed by atoms with Gasteiger partial charge in [-0.2, -0.15) is 13.2 Å². The lowest BCUT2D eigenvalue weighted by atomic mass is 10.2. The summed E-state index contributed by atoms with van der Waals surface area (Å²) in [6.07, 6.45) is -1.89. The molecular formula is C7H6BrF3N2. The fourth-order valence-corrected chi connectivity index (χ4v) is 1.25. The Balaban J connectivity index is 3.05. The maximum Gasteiger partial charge on any atom is 0.435 e. The highest BCUT2D eigenvalue weighted by Crippen LogP contribution is 2.29. The molecule has 1 aromatic heterocycles. The van der Waals surface area contributed by atoms with E-state index in [2.05, 4.69) is 25.9 Å². The Hall–Kier alpha value is -0.650. The molecule has 0 aliphatic carbocycles. The fraction of sp³-hybridized carbons (Fsp3) is 0.429. The second-order valence-corrected chi connectivity index (χ2v) is 3.08. The maximum atomic E-state index is 12.3. The van der Waals surface area contributed by atoms with Crippen molar-refractivity contribution >= 4 is 15.9 Å². The summed E-state index contributed by atoms with van der Waals surface area (Å²) in [5.41, 5.74) is -0.915. The summed E-state index contributed by atoms with van der Waals surface area (Å²) in [5.74, 6) is 0. The van der Waals surface area contributed by atoms with Crippen LogP contribution in [0.2, 0.25) is 0 Å². The molecule has 72 valence electrons. The molecule has 0 bridgehead atoms. The van der Waals surface area contributed by atoms with Crippen molar-refractivity contribution in [3.05, 3.63) is 23.8 Å². The van der Waals surface area contributed by atoms with E-state index in [9.17, 15) is 13.2 Å². The zero-order valence-corrected chi connectivity index (χ0v) is 8.06. The third-order valence-electron chi connectivity index (χ3n) is 1.37. The summed E-state index contributed by atoms with van der Waals surface area (Å²) in [6.45, 7) is 0. The first-order chi connectivity index (χ1) is 6.05. The molecule has 1 rings (SSSR count). The molecule has 0 saturated heterocycles. The van der Waals surface area contributed by atoms with Crippen LogP contribution in [0.4, 0.5) is 13.2 Å². The fourth-order valence-electron chi connectivity index (χ4n) is 0.876. The number of rotatable bonds is 2. The van der Waals surface area contributed by atoms with Crippen molar-refractivity contribution in [3.63, 3.8) is 0 Å². The highest BCUT2D eigenvalue weighted by Gasteiger charge is 2.35. The van der Waals surface area contributed by atoms with Gasteiger partial charge in [-0.25, -0.2) is 4.98 Å². The van der Waals surface area contributed by atoms with Crippen LogP contribution in [0, 0.1) is 0 Å². The van der Waals surface area contributed by atoms with Crippen LogP contribution in [0.5, 0.6) is 0 Å². The molecule has 0 spiro atoms. The minimum atomic E-state index is -4.41. The number of aromatic nitrogens is 2. The van der Waals surface area contributed by atoms with Gasteiger partial charge in [0.15, 0.2) is 5.69 Å². The van der Waals surface area contributed by atoms with E-state index in [-0.39, 0.29) is 12.1 Å². The molecule has 0 atom stereocenters. The van der Waals surface area contributed by atoms with Crippen molar-refractivity contribution in [2.75, 3.05) is 5.33 Å². The topological polar surface area (TPSA) is 25.8 Å². The third-order valence-corrected chi connectivity index (χ3v) is 1.77. The summed E-state index contributed by atoms with van der Waals surface area (Å²) in [6, 6.07) is 0. The van der Waals surface area contributed by atoms with Crippen LogP contribution in [0.25, 0.3) is 0 Å². The monoisotopic (exact) mass is 254 g/mol. The van der Waals surface area contributed by atoms with Crippen LogP contribution in [-0.4, -0.2) is 15.3 Å².